The van der Waals surface area contributed by atoms with E-state index in [1.807, 2.05) is 6.07 Å². The van der Waals surface area contributed by atoms with E-state index in [1.165, 1.54) is 0 Å². The van der Waals surface area contributed by atoms with Crippen molar-refractivity contribution in [1.29, 1.82) is 0 Å². The minimum atomic E-state index is -0.0503. The van der Waals surface area contributed by atoms with Crippen molar-refractivity contribution in [3.05, 3.63) is 29.3 Å². The summed E-state index contributed by atoms with van der Waals surface area (Å²) in [4.78, 5) is 23.4. The lowest BCUT2D eigenvalue weighted by molar-refractivity contribution is -0.115. The third-order valence-corrected chi connectivity index (χ3v) is 4.00. The maximum Gasteiger partial charge on any atom is 0.251 e. The Bertz CT molecular complexity index is 542. The summed E-state index contributed by atoms with van der Waals surface area (Å²) in [5.41, 5.74) is 2.36. The van der Waals surface area contributed by atoms with Crippen molar-refractivity contribution >= 4 is 29.9 Å². The maximum absolute atomic E-state index is 12.1. The van der Waals surface area contributed by atoms with E-state index in [9.17, 15) is 9.59 Å². The lowest BCUT2D eigenvalue weighted by atomic mass is 9.98. The van der Waals surface area contributed by atoms with Gasteiger partial charge in [0, 0.05) is 17.8 Å². The molecule has 5 nitrogen and oxygen atoms in total. The van der Waals surface area contributed by atoms with E-state index in [2.05, 4.69) is 16.0 Å². The zero-order chi connectivity index (χ0) is 13.9. The second-order valence-corrected chi connectivity index (χ2v) is 5.50. The van der Waals surface area contributed by atoms with Crippen LogP contribution in [0.3, 0.4) is 0 Å². The predicted octanol–water partition coefficient (Wildman–Crippen LogP) is 1.33. The number of halogens is 1. The molecule has 0 spiro atoms. The molecular formula is C15H20ClN3O2. The van der Waals surface area contributed by atoms with Crippen LogP contribution < -0.4 is 16.0 Å². The third kappa shape index (κ3) is 3.74. The van der Waals surface area contributed by atoms with Gasteiger partial charge in [0.25, 0.3) is 5.91 Å². The molecule has 0 aliphatic carbocycles. The van der Waals surface area contributed by atoms with Gasteiger partial charge in [0.05, 0.1) is 6.42 Å². The van der Waals surface area contributed by atoms with Crippen LogP contribution in [0.15, 0.2) is 18.2 Å². The largest absolute Gasteiger partial charge is 0.352 e. The van der Waals surface area contributed by atoms with Crippen molar-refractivity contribution in [1.82, 2.24) is 10.6 Å². The van der Waals surface area contributed by atoms with Crippen LogP contribution in [0.2, 0.25) is 0 Å². The highest BCUT2D eigenvalue weighted by Crippen LogP contribution is 2.23. The second kappa shape index (κ2) is 6.91. The van der Waals surface area contributed by atoms with Gasteiger partial charge in [-0.15, -0.1) is 12.4 Å². The minimum absolute atomic E-state index is 0. The summed E-state index contributed by atoms with van der Waals surface area (Å²) in [5, 5.41) is 9.08. The summed E-state index contributed by atoms with van der Waals surface area (Å²) in [5.74, 6) is 0.510. The zero-order valence-corrected chi connectivity index (χ0v) is 12.6. The molecule has 21 heavy (non-hydrogen) atoms. The molecule has 6 heteroatoms. The Morgan fingerprint density at radius 2 is 2.05 bits per heavy atom. The number of fused-ring (bicyclic) bond motifs is 1. The number of carbonyl (C=O) groups excluding carboxylic acids is 2. The molecule has 0 unspecified atom stereocenters. The molecule has 3 rings (SSSR count). The average Bonchev–Trinajstić information content (AvgIpc) is 2.85. The Hall–Kier alpha value is -1.59. The van der Waals surface area contributed by atoms with Crippen LogP contribution in [0, 0.1) is 5.92 Å². The first kappa shape index (κ1) is 15.8. The molecule has 2 aliphatic rings. The Kier molecular flexibility index (Phi) is 5.20. The van der Waals surface area contributed by atoms with Crippen molar-refractivity contribution < 1.29 is 9.59 Å². The third-order valence-electron chi connectivity index (χ3n) is 4.00. The molecule has 1 aromatic rings. The van der Waals surface area contributed by atoms with E-state index >= 15 is 0 Å². The Morgan fingerprint density at radius 1 is 1.29 bits per heavy atom. The molecule has 1 aromatic carbocycles. The van der Waals surface area contributed by atoms with Crippen molar-refractivity contribution in [2.24, 2.45) is 5.92 Å². The van der Waals surface area contributed by atoms with E-state index in [0.717, 1.165) is 43.7 Å². The van der Waals surface area contributed by atoms with Gasteiger partial charge in [-0.05, 0) is 55.6 Å². The number of anilines is 1. The second-order valence-electron chi connectivity index (χ2n) is 5.50. The molecule has 0 bridgehead atoms. The van der Waals surface area contributed by atoms with E-state index in [1.54, 1.807) is 12.1 Å². The summed E-state index contributed by atoms with van der Waals surface area (Å²) < 4.78 is 0. The first-order chi connectivity index (χ1) is 9.72. The van der Waals surface area contributed by atoms with Crippen LogP contribution in [-0.2, 0) is 11.2 Å². The topological polar surface area (TPSA) is 70.2 Å². The van der Waals surface area contributed by atoms with Gasteiger partial charge in [0.15, 0.2) is 0 Å². The Morgan fingerprint density at radius 3 is 2.81 bits per heavy atom. The van der Waals surface area contributed by atoms with Crippen LogP contribution in [0.25, 0.3) is 0 Å². The summed E-state index contributed by atoms with van der Waals surface area (Å²) in [6, 6.07) is 5.38. The first-order valence-corrected chi connectivity index (χ1v) is 7.14. The summed E-state index contributed by atoms with van der Waals surface area (Å²) in [7, 11) is 0. The van der Waals surface area contributed by atoms with Crippen LogP contribution in [-0.4, -0.2) is 31.4 Å². The van der Waals surface area contributed by atoms with Gasteiger partial charge >= 0.3 is 0 Å². The first-order valence-electron chi connectivity index (χ1n) is 7.14. The number of amides is 2. The molecule has 0 atom stereocenters. The van der Waals surface area contributed by atoms with Crippen molar-refractivity contribution in [3.8, 4) is 0 Å². The van der Waals surface area contributed by atoms with Crippen LogP contribution in [0.4, 0.5) is 5.69 Å². The summed E-state index contributed by atoms with van der Waals surface area (Å²) >= 11 is 0. The molecule has 114 valence electrons. The summed E-state index contributed by atoms with van der Waals surface area (Å²) in [6.45, 7) is 2.80. The van der Waals surface area contributed by atoms with Gasteiger partial charge in [-0.2, -0.15) is 0 Å². The van der Waals surface area contributed by atoms with Gasteiger partial charge in [-0.25, -0.2) is 0 Å². The van der Waals surface area contributed by atoms with Crippen molar-refractivity contribution in [3.63, 3.8) is 0 Å². The van der Waals surface area contributed by atoms with Gasteiger partial charge in [-0.1, -0.05) is 0 Å². The SMILES string of the molecule is Cl.O=C1Cc2cc(C(=O)NCC3CCNCC3)ccc2N1. The molecule has 0 radical (unpaired) electrons. The van der Waals surface area contributed by atoms with E-state index < -0.39 is 0 Å². The number of hydrogen-bond acceptors (Lipinski definition) is 3. The fourth-order valence-electron chi connectivity index (χ4n) is 2.80. The number of carbonyl (C=O) groups is 2. The Balaban J connectivity index is 0.00000161. The lowest BCUT2D eigenvalue weighted by Gasteiger charge is -2.22. The molecule has 2 aliphatic heterocycles. The normalized spacial score (nSPS) is 17.6. The number of benzene rings is 1. The van der Waals surface area contributed by atoms with Crippen molar-refractivity contribution in [2.45, 2.75) is 19.3 Å². The quantitative estimate of drug-likeness (QED) is 0.789. The van der Waals surface area contributed by atoms with Gasteiger partial charge in [0.1, 0.15) is 0 Å². The maximum atomic E-state index is 12.1. The standard InChI is InChI=1S/C15H19N3O2.ClH/c19-14-8-12-7-11(1-2-13(12)18-14)15(20)17-9-10-3-5-16-6-4-10;/h1-2,7,10,16H,3-6,8-9H2,(H,17,20)(H,18,19);1H. The highest BCUT2D eigenvalue weighted by Gasteiger charge is 2.19. The van der Waals surface area contributed by atoms with Gasteiger partial charge in [-0.3, -0.25) is 9.59 Å². The van der Waals surface area contributed by atoms with Crippen LogP contribution >= 0.6 is 12.4 Å². The van der Waals surface area contributed by atoms with Gasteiger partial charge < -0.3 is 16.0 Å². The molecule has 1 fully saturated rings. The predicted molar refractivity (Wildman–Crippen MR) is 84.0 cm³/mol. The van der Waals surface area contributed by atoms with Gasteiger partial charge in [0.2, 0.25) is 5.91 Å². The number of piperidine rings is 1. The Labute approximate surface area is 130 Å². The summed E-state index contributed by atoms with van der Waals surface area (Å²) in [6.07, 6.45) is 2.59. The average molecular weight is 310 g/mol. The fraction of sp³-hybridized carbons (Fsp3) is 0.467. The minimum Gasteiger partial charge on any atom is -0.352 e. The van der Waals surface area contributed by atoms with Crippen LogP contribution in [0.1, 0.15) is 28.8 Å². The number of hydrogen-bond donors (Lipinski definition) is 3. The molecule has 0 aromatic heterocycles. The molecule has 2 amide bonds. The fourth-order valence-corrected chi connectivity index (χ4v) is 2.80. The smallest absolute Gasteiger partial charge is 0.251 e. The van der Waals surface area contributed by atoms with E-state index in [0.29, 0.717) is 17.9 Å². The molecular weight excluding hydrogens is 290 g/mol. The van der Waals surface area contributed by atoms with E-state index in [4.69, 9.17) is 0 Å². The number of nitrogens with one attached hydrogen (secondary N) is 3. The molecule has 0 saturated carbocycles. The monoisotopic (exact) mass is 309 g/mol. The molecule has 2 heterocycles. The number of rotatable bonds is 3. The molecule has 1 saturated heterocycles. The highest BCUT2D eigenvalue weighted by molar-refractivity contribution is 6.01. The molecule has 3 N–H and O–H groups in total. The zero-order valence-electron chi connectivity index (χ0n) is 11.8. The highest BCUT2D eigenvalue weighted by atomic mass is 35.5. The van der Waals surface area contributed by atoms with Crippen LogP contribution in [0.5, 0.6) is 0 Å². The lowest BCUT2D eigenvalue weighted by Crippen LogP contribution is -2.35. The van der Waals surface area contributed by atoms with Crippen molar-refractivity contribution in [2.75, 3.05) is 25.0 Å². The van der Waals surface area contributed by atoms with E-state index in [-0.39, 0.29) is 24.2 Å².